The zero-order valence-electron chi connectivity index (χ0n) is 19.7. The maximum atomic E-state index is 12.9. The number of unbranched alkanes of at least 4 members (excludes halogenated alkanes) is 1. The number of carboxylic acid groups (broad SMARTS) is 1. The first-order valence-corrected chi connectivity index (χ1v) is 12.3. The summed E-state index contributed by atoms with van der Waals surface area (Å²) in [6.07, 6.45) is 12.1. The average molecular weight is 461 g/mol. The van der Waals surface area contributed by atoms with Crippen molar-refractivity contribution in [3.8, 4) is 11.1 Å². The standard InChI is InChI=1S/C27H32N4O3/c1-2-3-15-31-25(29-26(30-31)24(32)16-19-7-5-4-6-8-19)17-20-9-11-21(12-10-20)23-18-28-14-13-22(23)27(33)34/h9-14,18-19H,2-8,15-17H2,1H3,(H,33,34). The average Bonchev–Trinajstić information content (AvgIpc) is 3.26. The van der Waals surface area contributed by atoms with E-state index in [4.69, 9.17) is 0 Å². The highest BCUT2D eigenvalue weighted by atomic mass is 16.4. The lowest BCUT2D eigenvalue weighted by Crippen LogP contribution is -2.13. The highest BCUT2D eigenvalue weighted by Gasteiger charge is 2.22. The van der Waals surface area contributed by atoms with Crippen LogP contribution in [-0.2, 0) is 13.0 Å². The second-order valence-electron chi connectivity index (χ2n) is 9.16. The fourth-order valence-corrected chi connectivity index (χ4v) is 4.65. The topological polar surface area (TPSA) is 98.0 Å². The predicted octanol–water partition coefficient (Wildman–Crippen LogP) is 5.58. The number of Topliss-reactive ketones (excluding diaryl/α,β-unsaturated/α-hetero) is 1. The second kappa shape index (κ2) is 11.2. The Morgan fingerprint density at radius 1 is 1.09 bits per heavy atom. The molecule has 1 aliphatic carbocycles. The van der Waals surface area contributed by atoms with Gasteiger partial charge in [-0.2, -0.15) is 0 Å². The van der Waals surface area contributed by atoms with E-state index in [1.165, 1.54) is 31.5 Å². The lowest BCUT2D eigenvalue weighted by atomic mass is 9.86. The van der Waals surface area contributed by atoms with Crippen LogP contribution in [-0.4, -0.2) is 36.6 Å². The summed E-state index contributed by atoms with van der Waals surface area (Å²) in [5, 5.41) is 14.0. The van der Waals surface area contributed by atoms with Gasteiger partial charge in [-0.3, -0.25) is 9.78 Å². The molecule has 4 rings (SSSR count). The summed E-state index contributed by atoms with van der Waals surface area (Å²) >= 11 is 0. The van der Waals surface area contributed by atoms with Gasteiger partial charge in [0.05, 0.1) is 5.56 Å². The van der Waals surface area contributed by atoms with Gasteiger partial charge in [-0.1, -0.05) is 69.7 Å². The normalized spacial score (nSPS) is 14.3. The molecule has 34 heavy (non-hydrogen) atoms. The highest BCUT2D eigenvalue weighted by Crippen LogP contribution is 2.27. The number of carbonyl (C=O) groups is 2. The monoisotopic (exact) mass is 460 g/mol. The maximum Gasteiger partial charge on any atom is 0.336 e. The molecule has 0 saturated heterocycles. The third kappa shape index (κ3) is 5.76. The van der Waals surface area contributed by atoms with Gasteiger partial charge in [-0.25, -0.2) is 14.5 Å². The minimum atomic E-state index is -0.976. The third-order valence-corrected chi connectivity index (χ3v) is 6.60. The van der Waals surface area contributed by atoms with E-state index >= 15 is 0 Å². The Hall–Kier alpha value is -3.35. The lowest BCUT2D eigenvalue weighted by Gasteiger charge is -2.19. The van der Waals surface area contributed by atoms with E-state index in [1.54, 1.807) is 6.20 Å². The van der Waals surface area contributed by atoms with Gasteiger partial charge < -0.3 is 5.11 Å². The van der Waals surface area contributed by atoms with Crippen LogP contribution >= 0.6 is 0 Å². The molecule has 2 aromatic heterocycles. The predicted molar refractivity (Wildman–Crippen MR) is 130 cm³/mol. The van der Waals surface area contributed by atoms with Crippen molar-refractivity contribution in [2.24, 2.45) is 5.92 Å². The molecule has 1 aliphatic rings. The number of aryl methyl sites for hydroxylation is 1. The van der Waals surface area contributed by atoms with Gasteiger partial charge in [0.25, 0.3) is 0 Å². The first-order chi connectivity index (χ1) is 16.5. The smallest absolute Gasteiger partial charge is 0.336 e. The number of aromatic carboxylic acids is 1. The van der Waals surface area contributed by atoms with Gasteiger partial charge in [-0.15, -0.1) is 5.10 Å². The molecular weight excluding hydrogens is 428 g/mol. The summed E-state index contributed by atoms with van der Waals surface area (Å²) in [6.45, 7) is 2.87. The number of pyridine rings is 1. The summed E-state index contributed by atoms with van der Waals surface area (Å²) in [5.41, 5.74) is 2.64. The molecule has 0 atom stereocenters. The summed E-state index contributed by atoms with van der Waals surface area (Å²) in [7, 11) is 0. The van der Waals surface area contributed by atoms with Crippen LogP contribution < -0.4 is 0 Å². The van der Waals surface area contributed by atoms with Crippen LogP contribution in [0.2, 0.25) is 0 Å². The van der Waals surface area contributed by atoms with Crippen molar-refractivity contribution < 1.29 is 14.7 Å². The molecule has 3 aromatic rings. The van der Waals surface area contributed by atoms with Crippen LogP contribution in [0, 0.1) is 5.92 Å². The van der Waals surface area contributed by atoms with Crippen molar-refractivity contribution in [3.05, 3.63) is 65.5 Å². The first-order valence-electron chi connectivity index (χ1n) is 12.3. The number of rotatable bonds is 10. The van der Waals surface area contributed by atoms with Crippen LogP contribution in [0.3, 0.4) is 0 Å². The first kappa shape index (κ1) is 23.8. The number of ketones is 1. The van der Waals surface area contributed by atoms with Crippen molar-refractivity contribution >= 4 is 11.8 Å². The number of nitrogens with zero attached hydrogens (tertiary/aromatic N) is 4. The van der Waals surface area contributed by atoms with E-state index in [-0.39, 0.29) is 11.3 Å². The van der Waals surface area contributed by atoms with Gasteiger partial charge >= 0.3 is 5.97 Å². The molecular formula is C27H32N4O3. The third-order valence-electron chi connectivity index (χ3n) is 6.60. The van der Waals surface area contributed by atoms with Crippen LogP contribution in [0.5, 0.6) is 0 Å². The second-order valence-corrected chi connectivity index (χ2v) is 9.16. The van der Waals surface area contributed by atoms with Crippen LogP contribution in [0.25, 0.3) is 11.1 Å². The number of hydrogen-bond donors (Lipinski definition) is 1. The highest BCUT2D eigenvalue weighted by molar-refractivity contribution is 5.95. The fraction of sp³-hybridized carbons (Fsp3) is 0.444. The quantitative estimate of drug-likeness (QED) is 0.397. The molecule has 7 heteroatoms. The number of hydrogen-bond acceptors (Lipinski definition) is 5. The summed E-state index contributed by atoms with van der Waals surface area (Å²) < 4.78 is 1.88. The molecule has 1 saturated carbocycles. The van der Waals surface area contributed by atoms with E-state index in [0.29, 0.717) is 30.1 Å². The van der Waals surface area contributed by atoms with E-state index in [1.807, 2.05) is 28.9 Å². The summed E-state index contributed by atoms with van der Waals surface area (Å²) in [5.74, 6) is 0.672. The Morgan fingerprint density at radius 2 is 1.85 bits per heavy atom. The van der Waals surface area contributed by atoms with E-state index in [9.17, 15) is 14.7 Å². The van der Waals surface area contributed by atoms with Gasteiger partial charge in [0, 0.05) is 37.3 Å². The molecule has 0 amide bonds. The zero-order chi connectivity index (χ0) is 23.9. The van der Waals surface area contributed by atoms with Crippen molar-refractivity contribution in [1.82, 2.24) is 19.7 Å². The van der Waals surface area contributed by atoms with Gasteiger partial charge in [0.1, 0.15) is 5.82 Å². The lowest BCUT2D eigenvalue weighted by molar-refractivity contribution is 0.0697. The molecule has 0 aliphatic heterocycles. The Bertz CT molecular complexity index is 1130. The largest absolute Gasteiger partial charge is 0.478 e. The van der Waals surface area contributed by atoms with Crippen LogP contribution in [0.4, 0.5) is 0 Å². The fourth-order valence-electron chi connectivity index (χ4n) is 4.65. The van der Waals surface area contributed by atoms with Gasteiger partial charge in [-0.05, 0) is 29.5 Å². The minimum absolute atomic E-state index is 0.0523. The van der Waals surface area contributed by atoms with E-state index < -0.39 is 5.97 Å². The number of carbonyl (C=O) groups excluding carboxylic acids is 1. The van der Waals surface area contributed by atoms with Crippen LogP contribution in [0.1, 0.15) is 90.7 Å². The van der Waals surface area contributed by atoms with Gasteiger partial charge in [0.15, 0.2) is 0 Å². The van der Waals surface area contributed by atoms with Crippen molar-refractivity contribution in [3.63, 3.8) is 0 Å². The molecule has 1 N–H and O–H groups in total. The van der Waals surface area contributed by atoms with E-state index in [2.05, 4.69) is 22.0 Å². The zero-order valence-corrected chi connectivity index (χ0v) is 19.7. The Morgan fingerprint density at radius 3 is 2.56 bits per heavy atom. The van der Waals surface area contributed by atoms with Crippen molar-refractivity contribution in [2.75, 3.05) is 0 Å². The molecule has 0 bridgehead atoms. The molecule has 2 heterocycles. The number of carboxylic acids is 1. The SMILES string of the molecule is CCCCn1nc(C(=O)CC2CCCCC2)nc1Cc1ccc(-c2cnccc2C(=O)O)cc1. The summed E-state index contributed by atoms with van der Waals surface area (Å²) in [4.78, 5) is 33.2. The summed E-state index contributed by atoms with van der Waals surface area (Å²) in [6, 6.07) is 9.25. The van der Waals surface area contributed by atoms with Crippen LogP contribution in [0.15, 0.2) is 42.7 Å². The van der Waals surface area contributed by atoms with Crippen molar-refractivity contribution in [2.45, 2.75) is 71.3 Å². The molecule has 1 fully saturated rings. The minimum Gasteiger partial charge on any atom is -0.478 e. The molecule has 1 aromatic carbocycles. The molecule has 178 valence electrons. The molecule has 0 unspecified atom stereocenters. The Kier molecular flexibility index (Phi) is 7.83. The molecule has 0 radical (unpaired) electrons. The van der Waals surface area contributed by atoms with Gasteiger partial charge in [0.2, 0.25) is 11.6 Å². The number of aromatic nitrogens is 4. The maximum absolute atomic E-state index is 12.9. The molecule has 7 nitrogen and oxygen atoms in total. The Balaban J connectivity index is 1.52. The Labute approximate surface area is 200 Å². The number of benzene rings is 1. The molecule has 0 spiro atoms. The van der Waals surface area contributed by atoms with Crippen molar-refractivity contribution in [1.29, 1.82) is 0 Å². The van der Waals surface area contributed by atoms with E-state index in [0.717, 1.165) is 49.2 Å².